The molecule has 1 atom stereocenters. The first-order valence-electron chi connectivity index (χ1n) is 4.87. The van der Waals surface area contributed by atoms with Gasteiger partial charge in [-0.25, -0.2) is 0 Å². The Bertz CT molecular complexity index is 347. The van der Waals surface area contributed by atoms with E-state index in [1.807, 2.05) is 17.5 Å². The number of thiophene rings is 1. The van der Waals surface area contributed by atoms with Gasteiger partial charge in [0, 0.05) is 11.4 Å². The Morgan fingerprint density at radius 3 is 3.27 bits per heavy atom. The van der Waals surface area contributed by atoms with Crippen molar-refractivity contribution in [3.63, 3.8) is 0 Å². The van der Waals surface area contributed by atoms with E-state index in [0.29, 0.717) is 19.7 Å². The van der Waals surface area contributed by atoms with Crippen molar-refractivity contribution < 1.29 is 9.53 Å². The van der Waals surface area contributed by atoms with E-state index in [-0.39, 0.29) is 12.0 Å². The Hall–Kier alpha value is -1.13. The van der Waals surface area contributed by atoms with E-state index in [1.165, 1.54) is 11.0 Å². The van der Waals surface area contributed by atoms with Gasteiger partial charge in [-0.2, -0.15) is 0 Å². The first kappa shape index (κ1) is 10.4. The fourth-order valence-electron chi connectivity index (χ4n) is 1.63. The van der Waals surface area contributed by atoms with E-state index in [9.17, 15) is 4.79 Å². The number of hydrogen-bond acceptors (Lipinski definition) is 3. The van der Waals surface area contributed by atoms with Gasteiger partial charge < -0.3 is 9.64 Å². The molecule has 0 spiro atoms. The molecule has 0 radical (unpaired) electrons. The Balaban J connectivity index is 2.04. The van der Waals surface area contributed by atoms with Crippen LogP contribution in [-0.2, 0) is 9.53 Å². The van der Waals surface area contributed by atoms with E-state index in [4.69, 9.17) is 4.74 Å². The fourth-order valence-corrected chi connectivity index (χ4v) is 2.39. The average molecular weight is 223 g/mol. The van der Waals surface area contributed by atoms with Crippen molar-refractivity contribution >= 4 is 17.2 Å². The summed E-state index contributed by atoms with van der Waals surface area (Å²) in [5, 5.41) is 2.02. The molecule has 1 amide bonds. The second-order valence-electron chi connectivity index (χ2n) is 3.36. The lowest BCUT2D eigenvalue weighted by Crippen LogP contribution is -2.41. The minimum Gasteiger partial charge on any atom is -0.369 e. The molecule has 0 aliphatic carbocycles. The normalized spacial score (nSPS) is 21.3. The first-order valence-corrected chi connectivity index (χ1v) is 5.75. The van der Waals surface area contributed by atoms with Crippen LogP contribution in [0.4, 0.5) is 0 Å². The molecular weight excluding hydrogens is 210 g/mol. The molecule has 1 fully saturated rings. The molecular formula is C11H13NO2S. The zero-order valence-electron chi connectivity index (χ0n) is 8.39. The highest BCUT2D eigenvalue weighted by molar-refractivity contribution is 7.10. The number of hydrogen-bond donors (Lipinski definition) is 0. The van der Waals surface area contributed by atoms with Crippen molar-refractivity contribution in [1.29, 1.82) is 0 Å². The van der Waals surface area contributed by atoms with Crippen molar-refractivity contribution in [3.8, 4) is 0 Å². The van der Waals surface area contributed by atoms with E-state index < -0.39 is 0 Å². The third kappa shape index (κ3) is 2.27. The second-order valence-corrected chi connectivity index (χ2v) is 4.34. The van der Waals surface area contributed by atoms with Crippen LogP contribution in [0.5, 0.6) is 0 Å². The maximum atomic E-state index is 11.4. The number of ether oxygens (including phenoxy) is 1. The third-order valence-corrected chi connectivity index (χ3v) is 3.38. The van der Waals surface area contributed by atoms with Crippen molar-refractivity contribution in [3.05, 3.63) is 35.0 Å². The van der Waals surface area contributed by atoms with E-state index in [0.717, 1.165) is 0 Å². The summed E-state index contributed by atoms with van der Waals surface area (Å²) in [6, 6.07) is 4.04. The number of carbonyl (C=O) groups is 1. The summed E-state index contributed by atoms with van der Waals surface area (Å²) in [6.45, 7) is 5.38. The van der Waals surface area contributed by atoms with Crippen LogP contribution in [0.2, 0.25) is 0 Å². The van der Waals surface area contributed by atoms with Gasteiger partial charge in [-0.05, 0) is 17.5 Å². The van der Waals surface area contributed by atoms with E-state index in [2.05, 4.69) is 6.58 Å². The van der Waals surface area contributed by atoms with Gasteiger partial charge in [0.1, 0.15) is 6.10 Å². The molecule has 2 rings (SSSR count). The highest BCUT2D eigenvalue weighted by Gasteiger charge is 2.24. The molecule has 1 aromatic rings. The fraction of sp³-hybridized carbons (Fsp3) is 0.364. The summed E-state index contributed by atoms with van der Waals surface area (Å²) in [5.41, 5.74) is 0. The second kappa shape index (κ2) is 4.59. The lowest BCUT2D eigenvalue weighted by atomic mass is 10.2. The van der Waals surface area contributed by atoms with Crippen molar-refractivity contribution in [2.24, 2.45) is 0 Å². The summed E-state index contributed by atoms with van der Waals surface area (Å²) in [5.74, 6) is -0.0140. The van der Waals surface area contributed by atoms with E-state index in [1.54, 1.807) is 16.2 Å². The van der Waals surface area contributed by atoms with Crippen LogP contribution in [-0.4, -0.2) is 30.5 Å². The molecule has 80 valence electrons. The smallest absolute Gasteiger partial charge is 0.246 e. The van der Waals surface area contributed by atoms with Gasteiger partial charge >= 0.3 is 0 Å². The van der Waals surface area contributed by atoms with Crippen molar-refractivity contribution in [2.75, 3.05) is 19.7 Å². The standard InChI is InChI=1S/C11H13NO2S/c1-2-11(13)12-5-6-14-9(8-12)10-4-3-7-15-10/h2-4,7,9H,1,5-6,8H2. The third-order valence-electron chi connectivity index (χ3n) is 2.41. The van der Waals surface area contributed by atoms with Crippen LogP contribution >= 0.6 is 11.3 Å². The van der Waals surface area contributed by atoms with E-state index >= 15 is 0 Å². The molecule has 2 heterocycles. The SMILES string of the molecule is C=CC(=O)N1CCOC(c2cccs2)C1. The van der Waals surface area contributed by atoms with Crippen LogP contribution in [0.15, 0.2) is 30.2 Å². The summed E-state index contributed by atoms with van der Waals surface area (Å²) in [4.78, 5) is 14.4. The summed E-state index contributed by atoms with van der Waals surface area (Å²) in [6.07, 6.45) is 1.39. The first-order chi connectivity index (χ1) is 7.31. The van der Waals surface area contributed by atoms with Crippen LogP contribution in [0.25, 0.3) is 0 Å². The van der Waals surface area contributed by atoms with Gasteiger partial charge in [0.2, 0.25) is 5.91 Å². The maximum absolute atomic E-state index is 11.4. The molecule has 0 bridgehead atoms. The van der Waals surface area contributed by atoms with Crippen LogP contribution < -0.4 is 0 Å². The molecule has 0 aromatic carbocycles. The molecule has 1 aromatic heterocycles. The summed E-state index contributed by atoms with van der Waals surface area (Å²) >= 11 is 1.66. The topological polar surface area (TPSA) is 29.5 Å². The highest BCUT2D eigenvalue weighted by atomic mass is 32.1. The molecule has 3 nitrogen and oxygen atoms in total. The monoisotopic (exact) mass is 223 g/mol. The molecule has 0 N–H and O–H groups in total. The van der Waals surface area contributed by atoms with Gasteiger partial charge in [-0.15, -0.1) is 11.3 Å². The molecule has 15 heavy (non-hydrogen) atoms. The Labute approximate surface area is 93.0 Å². The molecule has 1 saturated heterocycles. The number of morpholine rings is 1. The zero-order chi connectivity index (χ0) is 10.7. The number of amides is 1. The van der Waals surface area contributed by atoms with Crippen LogP contribution in [0, 0.1) is 0 Å². The quantitative estimate of drug-likeness (QED) is 0.716. The van der Waals surface area contributed by atoms with Gasteiger partial charge in [0.15, 0.2) is 0 Å². The lowest BCUT2D eigenvalue weighted by molar-refractivity contribution is -0.133. The van der Waals surface area contributed by atoms with Crippen molar-refractivity contribution in [1.82, 2.24) is 4.90 Å². The number of nitrogens with zero attached hydrogens (tertiary/aromatic N) is 1. The van der Waals surface area contributed by atoms with Crippen LogP contribution in [0.3, 0.4) is 0 Å². The minimum atomic E-state index is -0.0140. The molecule has 1 unspecified atom stereocenters. The minimum absolute atomic E-state index is 0.0140. The highest BCUT2D eigenvalue weighted by Crippen LogP contribution is 2.25. The predicted octanol–water partition coefficient (Wildman–Crippen LogP) is 1.83. The van der Waals surface area contributed by atoms with Gasteiger partial charge in [-0.3, -0.25) is 4.79 Å². The molecule has 1 aliphatic rings. The zero-order valence-corrected chi connectivity index (χ0v) is 9.20. The molecule has 0 saturated carbocycles. The number of rotatable bonds is 2. The predicted molar refractivity (Wildman–Crippen MR) is 59.8 cm³/mol. The Morgan fingerprint density at radius 2 is 2.60 bits per heavy atom. The summed E-state index contributed by atoms with van der Waals surface area (Å²) < 4.78 is 5.63. The van der Waals surface area contributed by atoms with Gasteiger partial charge in [-0.1, -0.05) is 12.6 Å². The number of carbonyl (C=O) groups excluding carboxylic acids is 1. The van der Waals surface area contributed by atoms with Gasteiger partial charge in [0.25, 0.3) is 0 Å². The Morgan fingerprint density at radius 1 is 1.73 bits per heavy atom. The Kier molecular flexibility index (Phi) is 3.18. The molecule has 1 aliphatic heterocycles. The van der Waals surface area contributed by atoms with Crippen molar-refractivity contribution in [2.45, 2.75) is 6.10 Å². The summed E-state index contributed by atoms with van der Waals surface area (Å²) in [7, 11) is 0. The maximum Gasteiger partial charge on any atom is 0.246 e. The average Bonchev–Trinajstić information content (AvgIpc) is 2.82. The molecule has 4 heteroatoms. The largest absolute Gasteiger partial charge is 0.369 e. The van der Waals surface area contributed by atoms with Gasteiger partial charge in [0.05, 0.1) is 13.2 Å². The van der Waals surface area contributed by atoms with Crippen LogP contribution in [0.1, 0.15) is 11.0 Å². The lowest BCUT2D eigenvalue weighted by Gasteiger charge is -2.31.